The number of thioether (sulfide) groups is 1. The molecule has 1 aliphatic heterocycles. The molecule has 0 aliphatic carbocycles. The number of nitrogens with zero attached hydrogens (tertiary/aromatic N) is 3. The number of rotatable bonds is 4. The van der Waals surface area contributed by atoms with E-state index in [9.17, 15) is 0 Å². The van der Waals surface area contributed by atoms with Gasteiger partial charge in [-0.25, -0.2) is 4.98 Å². The smallest absolute Gasteiger partial charge is 0.123 e. The highest BCUT2D eigenvalue weighted by atomic mass is 32.2. The van der Waals surface area contributed by atoms with Crippen LogP contribution in [0.2, 0.25) is 0 Å². The fourth-order valence-corrected chi connectivity index (χ4v) is 3.80. The molecule has 0 saturated heterocycles. The van der Waals surface area contributed by atoms with E-state index >= 15 is 0 Å². The second kappa shape index (κ2) is 6.41. The number of nitrogen functional groups attached to an aromatic ring is 1. The predicted molar refractivity (Wildman–Crippen MR) is 101 cm³/mol. The lowest BCUT2D eigenvalue weighted by Crippen LogP contribution is -2.27. The summed E-state index contributed by atoms with van der Waals surface area (Å²) in [6, 6.07) is 10.3. The monoisotopic (exact) mass is 335 g/mol. The number of H-pyrrole nitrogens is 1. The van der Waals surface area contributed by atoms with Crippen LogP contribution in [0.4, 0.5) is 11.5 Å². The first-order valence-electron chi connectivity index (χ1n) is 7.68. The van der Waals surface area contributed by atoms with Gasteiger partial charge < -0.3 is 10.6 Å². The van der Waals surface area contributed by atoms with Gasteiger partial charge in [0.25, 0.3) is 0 Å². The van der Waals surface area contributed by atoms with Crippen LogP contribution in [0.15, 0.2) is 67.2 Å². The first kappa shape index (κ1) is 14.8. The maximum atomic E-state index is 5.76. The lowest BCUT2D eigenvalue weighted by molar-refractivity contribution is 1.01. The molecular formula is C18H17N5S. The van der Waals surface area contributed by atoms with Gasteiger partial charge in [0.1, 0.15) is 5.82 Å². The summed E-state index contributed by atoms with van der Waals surface area (Å²) in [6.45, 7) is 0. The largest absolute Gasteiger partial charge is 0.384 e. The Morgan fingerprint density at radius 2 is 2.17 bits per heavy atom. The van der Waals surface area contributed by atoms with Crippen molar-refractivity contribution in [2.75, 3.05) is 10.6 Å². The number of hydrogen-bond acceptors (Lipinski definition) is 5. The van der Waals surface area contributed by atoms with Crippen molar-refractivity contribution in [2.45, 2.75) is 11.1 Å². The fraction of sp³-hybridized carbons (Fsp3) is 0.111. The van der Waals surface area contributed by atoms with Crippen molar-refractivity contribution >= 4 is 34.2 Å². The molecule has 3 aromatic rings. The third kappa shape index (κ3) is 3.00. The molecule has 0 saturated carbocycles. The molecule has 4 rings (SSSR count). The van der Waals surface area contributed by atoms with E-state index in [0.717, 1.165) is 22.3 Å². The van der Waals surface area contributed by atoms with Gasteiger partial charge in [-0.15, -0.1) is 11.8 Å². The Hall–Kier alpha value is -2.73. The van der Waals surface area contributed by atoms with Crippen LogP contribution in [0, 0.1) is 0 Å². The van der Waals surface area contributed by atoms with Gasteiger partial charge in [-0.2, -0.15) is 5.10 Å². The highest BCUT2D eigenvalue weighted by Gasteiger charge is 2.17. The Kier molecular flexibility index (Phi) is 3.96. The van der Waals surface area contributed by atoms with Crippen LogP contribution in [0.1, 0.15) is 5.56 Å². The van der Waals surface area contributed by atoms with Gasteiger partial charge in [0.15, 0.2) is 0 Å². The molecule has 1 aromatic carbocycles. The molecule has 0 spiro atoms. The Morgan fingerprint density at radius 3 is 3.08 bits per heavy atom. The number of benzene rings is 1. The van der Waals surface area contributed by atoms with Crippen molar-refractivity contribution in [3.05, 3.63) is 72.7 Å². The second-order valence-corrected chi connectivity index (χ2v) is 6.67. The zero-order valence-corrected chi connectivity index (χ0v) is 13.8. The molecule has 6 heteroatoms. The van der Waals surface area contributed by atoms with E-state index in [0.29, 0.717) is 5.82 Å². The average molecular weight is 335 g/mol. The minimum Gasteiger partial charge on any atom is -0.384 e. The molecule has 1 atom stereocenters. The van der Waals surface area contributed by atoms with Crippen LogP contribution in [0.5, 0.6) is 0 Å². The van der Waals surface area contributed by atoms with E-state index in [1.165, 1.54) is 5.56 Å². The van der Waals surface area contributed by atoms with E-state index in [-0.39, 0.29) is 5.37 Å². The second-order valence-electron chi connectivity index (χ2n) is 5.57. The molecular weight excluding hydrogens is 318 g/mol. The zero-order chi connectivity index (χ0) is 16.4. The molecule has 3 N–H and O–H groups in total. The molecule has 2 aromatic heterocycles. The lowest BCUT2D eigenvalue weighted by Gasteiger charge is -2.30. The van der Waals surface area contributed by atoms with Gasteiger partial charge in [0, 0.05) is 29.2 Å². The molecule has 0 amide bonds. The Balaban J connectivity index is 1.54. The van der Waals surface area contributed by atoms with Gasteiger partial charge in [0.05, 0.1) is 17.1 Å². The van der Waals surface area contributed by atoms with E-state index in [4.69, 9.17) is 5.73 Å². The summed E-state index contributed by atoms with van der Waals surface area (Å²) in [5.74, 6) is 1.44. The number of fused-ring (bicyclic) bond motifs is 1. The van der Waals surface area contributed by atoms with Gasteiger partial charge in [0.2, 0.25) is 0 Å². The van der Waals surface area contributed by atoms with E-state index in [1.54, 1.807) is 6.20 Å². The summed E-state index contributed by atoms with van der Waals surface area (Å²) in [6.07, 6.45) is 12.0. The number of pyridine rings is 1. The molecule has 0 fully saturated rings. The number of nitrogens with one attached hydrogen (secondary N) is 1. The summed E-state index contributed by atoms with van der Waals surface area (Å²) >= 11 is 1.85. The Labute approximate surface area is 144 Å². The highest BCUT2D eigenvalue weighted by molar-refractivity contribution is 7.99. The normalized spacial score (nSPS) is 16.8. The van der Waals surface area contributed by atoms with Crippen molar-refractivity contribution in [3.8, 4) is 0 Å². The summed E-state index contributed by atoms with van der Waals surface area (Å²) in [5.41, 5.74) is 9.12. The maximum Gasteiger partial charge on any atom is 0.123 e. The van der Waals surface area contributed by atoms with Crippen molar-refractivity contribution in [1.29, 1.82) is 0 Å². The van der Waals surface area contributed by atoms with Gasteiger partial charge in [-0.1, -0.05) is 12.2 Å². The van der Waals surface area contributed by atoms with Crippen molar-refractivity contribution in [2.24, 2.45) is 0 Å². The standard InChI is InChI=1S/C18H17N5S/c19-17-9-13(6-7-20-17)12-24-18-3-1-2-8-23(18)15-5-4-14-11-21-22-16(14)10-15/h1-11,18H,12H2,(H2,19,20)(H,21,22). The topological polar surface area (TPSA) is 70.8 Å². The van der Waals surface area contributed by atoms with Crippen LogP contribution < -0.4 is 10.6 Å². The summed E-state index contributed by atoms with van der Waals surface area (Å²) in [7, 11) is 0. The Morgan fingerprint density at radius 1 is 1.21 bits per heavy atom. The number of nitrogens with two attached hydrogens (primary N) is 1. The third-order valence-corrected chi connectivity index (χ3v) is 5.12. The van der Waals surface area contributed by atoms with Gasteiger partial charge >= 0.3 is 0 Å². The summed E-state index contributed by atoms with van der Waals surface area (Å²) in [4.78, 5) is 6.30. The molecule has 0 bridgehead atoms. The van der Waals surface area contributed by atoms with Crippen LogP contribution in [-0.4, -0.2) is 20.6 Å². The number of anilines is 2. The van der Waals surface area contributed by atoms with Crippen molar-refractivity contribution in [3.63, 3.8) is 0 Å². The van der Waals surface area contributed by atoms with Crippen LogP contribution in [0.25, 0.3) is 10.9 Å². The molecule has 120 valence electrons. The first-order chi connectivity index (χ1) is 11.8. The third-order valence-electron chi connectivity index (χ3n) is 3.90. The Bertz CT molecular complexity index is 914. The summed E-state index contributed by atoms with van der Waals surface area (Å²) < 4.78 is 0. The van der Waals surface area contributed by atoms with Crippen LogP contribution in [0.3, 0.4) is 0 Å². The summed E-state index contributed by atoms with van der Waals surface area (Å²) in [5, 5.41) is 8.47. The SMILES string of the molecule is Nc1cc(CSC2C=CC=CN2c2ccc3cn[nH]c3c2)ccn1. The van der Waals surface area contributed by atoms with Gasteiger partial charge in [-0.05, 0) is 42.0 Å². The lowest BCUT2D eigenvalue weighted by atomic mass is 10.2. The maximum absolute atomic E-state index is 5.76. The zero-order valence-electron chi connectivity index (χ0n) is 13.0. The van der Waals surface area contributed by atoms with E-state index in [1.807, 2.05) is 30.1 Å². The minimum absolute atomic E-state index is 0.227. The van der Waals surface area contributed by atoms with E-state index < -0.39 is 0 Å². The van der Waals surface area contributed by atoms with Crippen molar-refractivity contribution in [1.82, 2.24) is 15.2 Å². The minimum atomic E-state index is 0.227. The molecule has 3 heterocycles. The first-order valence-corrected chi connectivity index (χ1v) is 8.73. The number of allylic oxidation sites excluding steroid dienone is 2. The average Bonchev–Trinajstić information content (AvgIpc) is 3.08. The highest BCUT2D eigenvalue weighted by Crippen LogP contribution is 2.31. The molecule has 24 heavy (non-hydrogen) atoms. The number of aromatic amines is 1. The van der Waals surface area contributed by atoms with Gasteiger partial charge in [-0.3, -0.25) is 5.10 Å². The number of hydrogen-bond donors (Lipinski definition) is 2. The fourth-order valence-electron chi connectivity index (χ4n) is 2.70. The molecule has 1 unspecified atom stereocenters. The number of aromatic nitrogens is 3. The molecule has 5 nitrogen and oxygen atoms in total. The quantitative estimate of drug-likeness (QED) is 0.761. The van der Waals surface area contributed by atoms with Crippen LogP contribution >= 0.6 is 11.8 Å². The predicted octanol–water partition coefficient (Wildman–Crippen LogP) is 3.69. The van der Waals surface area contributed by atoms with Crippen LogP contribution in [-0.2, 0) is 5.75 Å². The van der Waals surface area contributed by atoms with E-state index in [2.05, 4.69) is 62.7 Å². The van der Waals surface area contributed by atoms with Crippen molar-refractivity contribution < 1.29 is 0 Å². The molecule has 1 aliphatic rings. The molecule has 0 radical (unpaired) electrons.